The van der Waals surface area contributed by atoms with E-state index >= 15 is 0 Å². The Morgan fingerprint density at radius 3 is 2.67 bits per heavy atom. The average Bonchev–Trinajstić information content (AvgIpc) is 3.25. The zero-order chi connectivity index (χ0) is 20.5. The van der Waals surface area contributed by atoms with Crippen molar-refractivity contribution in [2.45, 2.75) is 45.3 Å². The molecular formula is C22H31IN4O3. The van der Waals surface area contributed by atoms with Gasteiger partial charge in [0.1, 0.15) is 6.10 Å². The Morgan fingerprint density at radius 2 is 1.97 bits per heavy atom. The quantitative estimate of drug-likeness (QED) is 0.297. The largest absolute Gasteiger partial charge is 0.493 e. The van der Waals surface area contributed by atoms with Crippen molar-refractivity contribution in [2.24, 2.45) is 4.99 Å². The van der Waals surface area contributed by atoms with Crippen LogP contribution in [0.3, 0.4) is 0 Å². The summed E-state index contributed by atoms with van der Waals surface area (Å²) < 4.78 is 17.0. The molecule has 0 amide bonds. The Morgan fingerprint density at radius 1 is 1.17 bits per heavy atom. The third kappa shape index (κ3) is 6.93. The molecule has 0 atom stereocenters. The zero-order valence-electron chi connectivity index (χ0n) is 17.8. The number of rotatable bonds is 8. The van der Waals surface area contributed by atoms with Gasteiger partial charge in [0.2, 0.25) is 5.88 Å². The first-order chi connectivity index (χ1) is 14.2. The molecule has 2 aromatic rings. The number of anilines is 1. The maximum atomic E-state index is 5.99. The van der Waals surface area contributed by atoms with Crippen LogP contribution in [0.25, 0.3) is 0 Å². The fourth-order valence-corrected chi connectivity index (χ4v) is 3.33. The van der Waals surface area contributed by atoms with E-state index in [9.17, 15) is 0 Å². The number of benzene rings is 1. The van der Waals surface area contributed by atoms with E-state index in [1.165, 1.54) is 12.8 Å². The number of pyridine rings is 1. The molecule has 1 aliphatic rings. The summed E-state index contributed by atoms with van der Waals surface area (Å²) in [5, 5.41) is 6.60. The Hall–Kier alpha value is -2.23. The minimum atomic E-state index is 0. The third-order valence-corrected chi connectivity index (χ3v) is 4.80. The standard InChI is InChI=1S/C22H30N4O3.HI/c1-4-28-20-14-17(9-10-19(20)27-3)26-22(23-2)25-15-16-11-12-24-21(13-16)29-18-7-5-6-8-18;/h9-14,18H,4-8,15H2,1-3H3,(H2,23,25,26);1H. The van der Waals surface area contributed by atoms with Crippen LogP contribution in [-0.4, -0.2) is 37.8 Å². The molecule has 0 unspecified atom stereocenters. The van der Waals surface area contributed by atoms with Crippen LogP contribution in [0.5, 0.6) is 17.4 Å². The molecule has 30 heavy (non-hydrogen) atoms. The first kappa shape index (κ1) is 24.0. The van der Waals surface area contributed by atoms with Crippen LogP contribution in [0, 0.1) is 0 Å². The Kier molecular flexibility index (Phi) is 9.99. The van der Waals surface area contributed by atoms with Crippen LogP contribution >= 0.6 is 24.0 Å². The van der Waals surface area contributed by atoms with Gasteiger partial charge in [-0.05, 0) is 56.4 Å². The van der Waals surface area contributed by atoms with Crippen LogP contribution in [-0.2, 0) is 6.54 Å². The van der Waals surface area contributed by atoms with Crippen molar-refractivity contribution in [3.8, 4) is 17.4 Å². The van der Waals surface area contributed by atoms with Crippen molar-refractivity contribution in [1.29, 1.82) is 0 Å². The summed E-state index contributed by atoms with van der Waals surface area (Å²) in [5.74, 6) is 2.74. The lowest BCUT2D eigenvalue weighted by Gasteiger charge is -2.15. The van der Waals surface area contributed by atoms with Gasteiger partial charge in [0.05, 0.1) is 13.7 Å². The number of guanidine groups is 1. The molecule has 0 saturated heterocycles. The molecule has 1 aliphatic carbocycles. The second-order valence-electron chi connectivity index (χ2n) is 6.88. The van der Waals surface area contributed by atoms with Crippen LogP contribution in [0.4, 0.5) is 5.69 Å². The van der Waals surface area contributed by atoms with Crippen LogP contribution in [0.15, 0.2) is 41.5 Å². The molecule has 1 saturated carbocycles. The fourth-order valence-electron chi connectivity index (χ4n) is 3.33. The van der Waals surface area contributed by atoms with Crippen molar-refractivity contribution in [1.82, 2.24) is 10.3 Å². The minimum Gasteiger partial charge on any atom is -0.493 e. The first-order valence-corrected chi connectivity index (χ1v) is 10.1. The summed E-state index contributed by atoms with van der Waals surface area (Å²) in [6.45, 7) is 3.12. The predicted molar refractivity (Wildman–Crippen MR) is 131 cm³/mol. The normalized spacial score (nSPS) is 14.0. The van der Waals surface area contributed by atoms with Gasteiger partial charge >= 0.3 is 0 Å². The summed E-state index contributed by atoms with van der Waals surface area (Å²) in [4.78, 5) is 8.64. The zero-order valence-corrected chi connectivity index (χ0v) is 20.1. The maximum absolute atomic E-state index is 5.99. The summed E-state index contributed by atoms with van der Waals surface area (Å²) in [7, 11) is 3.37. The third-order valence-electron chi connectivity index (χ3n) is 4.80. The number of nitrogens with zero attached hydrogens (tertiary/aromatic N) is 2. The smallest absolute Gasteiger partial charge is 0.213 e. The lowest BCUT2D eigenvalue weighted by Crippen LogP contribution is -2.30. The van der Waals surface area contributed by atoms with E-state index < -0.39 is 0 Å². The number of aliphatic imine (C=N–C) groups is 1. The highest BCUT2D eigenvalue weighted by atomic mass is 127. The molecule has 1 heterocycles. The number of hydrogen-bond donors (Lipinski definition) is 2. The topological polar surface area (TPSA) is 77.0 Å². The molecular weight excluding hydrogens is 495 g/mol. The number of methoxy groups -OCH3 is 1. The van der Waals surface area contributed by atoms with Crippen molar-refractivity contribution in [2.75, 3.05) is 26.1 Å². The predicted octanol–water partition coefficient (Wildman–Crippen LogP) is 4.62. The summed E-state index contributed by atoms with van der Waals surface area (Å²) >= 11 is 0. The second kappa shape index (κ2) is 12.5. The van der Waals surface area contributed by atoms with Crippen molar-refractivity contribution < 1.29 is 14.2 Å². The average molecular weight is 526 g/mol. The molecule has 8 heteroatoms. The van der Waals surface area contributed by atoms with Gasteiger partial charge in [-0.25, -0.2) is 4.98 Å². The highest BCUT2D eigenvalue weighted by Crippen LogP contribution is 2.30. The van der Waals surface area contributed by atoms with Gasteiger partial charge in [0.25, 0.3) is 0 Å². The molecule has 0 radical (unpaired) electrons. The van der Waals surface area contributed by atoms with Gasteiger partial charge in [-0.2, -0.15) is 0 Å². The molecule has 1 aromatic heterocycles. The number of hydrogen-bond acceptors (Lipinski definition) is 5. The molecule has 0 bridgehead atoms. The molecule has 0 spiro atoms. The lowest BCUT2D eigenvalue weighted by atomic mass is 10.2. The van der Waals surface area contributed by atoms with Gasteiger partial charge in [-0.15, -0.1) is 24.0 Å². The number of ether oxygens (including phenoxy) is 3. The van der Waals surface area contributed by atoms with E-state index in [-0.39, 0.29) is 24.0 Å². The number of halogens is 1. The van der Waals surface area contributed by atoms with E-state index in [4.69, 9.17) is 14.2 Å². The monoisotopic (exact) mass is 526 g/mol. The van der Waals surface area contributed by atoms with Crippen molar-refractivity contribution in [3.63, 3.8) is 0 Å². The number of nitrogens with one attached hydrogen (secondary N) is 2. The van der Waals surface area contributed by atoms with Crippen LogP contribution in [0.2, 0.25) is 0 Å². The summed E-state index contributed by atoms with van der Waals surface area (Å²) in [6.07, 6.45) is 6.80. The second-order valence-corrected chi connectivity index (χ2v) is 6.88. The first-order valence-electron chi connectivity index (χ1n) is 10.1. The lowest BCUT2D eigenvalue weighted by molar-refractivity contribution is 0.201. The summed E-state index contributed by atoms with van der Waals surface area (Å²) in [5.41, 5.74) is 1.95. The Labute approximate surface area is 195 Å². The molecule has 0 aliphatic heterocycles. The van der Waals surface area contributed by atoms with E-state index in [1.807, 2.05) is 37.3 Å². The molecule has 164 valence electrons. The van der Waals surface area contributed by atoms with Gasteiger partial charge < -0.3 is 24.8 Å². The van der Waals surface area contributed by atoms with Gasteiger partial charge in [-0.1, -0.05) is 0 Å². The Balaban J connectivity index is 0.00000320. The molecule has 2 N–H and O–H groups in total. The molecule has 7 nitrogen and oxygen atoms in total. The van der Waals surface area contributed by atoms with Gasteiger partial charge in [0, 0.05) is 37.6 Å². The summed E-state index contributed by atoms with van der Waals surface area (Å²) in [6, 6.07) is 9.65. The van der Waals surface area contributed by atoms with E-state index in [0.29, 0.717) is 42.6 Å². The van der Waals surface area contributed by atoms with E-state index in [1.54, 1.807) is 20.4 Å². The van der Waals surface area contributed by atoms with Gasteiger partial charge in [0.15, 0.2) is 17.5 Å². The molecule has 1 fully saturated rings. The minimum absolute atomic E-state index is 0. The van der Waals surface area contributed by atoms with E-state index in [2.05, 4.69) is 20.6 Å². The number of aromatic nitrogens is 1. The SMILES string of the molecule is CCOc1cc(NC(=NC)NCc2ccnc(OC3CCCC3)c2)ccc1OC.I. The fraction of sp³-hybridized carbons (Fsp3) is 0.455. The van der Waals surface area contributed by atoms with Crippen LogP contribution < -0.4 is 24.8 Å². The van der Waals surface area contributed by atoms with Crippen molar-refractivity contribution >= 4 is 35.6 Å². The Bertz CT molecular complexity index is 826. The van der Waals surface area contributed by atoms with Crippen LogP contribution in [0.1, 0.15) is 38.2 Å². The maximum Gasteiger partial charge on any atom is 0.213 e. The van der Waals surface area contributed by atoms with E-state index in [0.717, 1.165) is 24.1 Å². The highest BCUT2D eigenvalue weighted by molar-refractivity contribution is 14.0. The highest BCUT2D eigenvalue weighted by Gasteiger charge is 2.17. The molecule has 3 rings (SSSR count). The van der Waals surface area contributed by atoms with Crippen molar-refractivity contribution in [3.05, 3.63) is 42.1 Å². The van der Waals surface area contributed by atoms with Gasteiger partial charge in [-0.3, -0.25) is 4.99 Å². The molecule has 1 aromatic carbocycles.